The van der Waals surface area contributed by atoms with Gasteiger partial charge in [-0.05, 0) is 60.9 Å². The molecule has 1 saturated carbocycles. The molecule has 0 aromatic heterocycles. The van der Waals surface area contributed by atoms with Crippen LogP contribution in [-0.2, 0) is 16.1 Å². The first kappa shape index (κ1) is 26.7. The molecule has 1 aliphatic heterocycles. The zero-order valence-electron chi connectivity index (χ0n) is 22.8. The van der Waals surface area contributed by atoms with Gasteiger partial charge in [0.15, 0.2) is 0 Å². The average Bonchev–Trinajstić information content (AvgIpc) is 3.56. The van der Waals surface area contributed by atoms with E-state index >= 15 is 0 Å². The molecule has 39 heavy (non-hydrogen) atoms. The first-order chi connectivity index (χ1) is 19.0. The first-order valence-electron chi connectivity index (χ1n) is 14.1. The van der Waals surface area contributed by atoms with E-state index in [0.29, 0.717) is 31.5 Å². The van der Waals surface area contributed by atoms with Crippen LogP contribution in [0.3, 0.4) is 0 Å². The number of carbonyl (C=O) groups excluding carboxylic acids is 3. The Balaban J connectivity index is 1.29. The maximum atomic E-state index is 13.7. The molecule has 1 N–H and O–H groups in total. The second kappa shape index (κ2) is 11.9. The van der Waals surface area contributed by atoms with Crippen LogP contribution in [0.5, 0.6) is 5.75 Å². The molecule has 7 heteroatoms. The van der Waals surface area contributed by atoms with Crippen molar-refractivity contribution in [2.24, 2.45) is 0 Å². The monoisotopic (exact) mass is 527 g/mol. The lowest BCUT2D eigenvalue weighted by atomic mass is 10.1. The van der Waals surface area contributed by atoms with E-state index in [1.54, 1.807) is 16.9 Å². The maximum Gasteiger partial charge on any atom is 0.258 e. The smallest absolute Gasteiger partial charge is 0.258 e. The number of hydrogen-bond donors (Lipinski definition) is 1. The summed E-state index contributed by atoms with van der Waals surface area (Å²) in [6, 6.07) is 19.0. The van der Waals surface area contributed by atoms with Crippen molar-refractivity contribution in [3.8, 4) is 5.75 Å². The van der Waals surface area contributed by atoms with Gasteiger partial charge in [-0.3, -0.25) is 14.4 Å². The minimum Gasteiger partial charge on any atom is -0.497 e. The summed E-state index contributed by atoms with van der Waals surface area (Å²) in [6.07, 6.45) is 5.53. The van der Waals surface area contributed by atoms with Crippen molar-refractivity contribution in [3.05, 3.63) is 71.8 Å². The summed E-state index contributed by atoms with van der Waals surface area (Å²) in [5, 5.41) is 5.21. The summed E-state index contributed by atoms with van der Waals surface area (Å²) >= 11 is 0. The number of ether oxygens (including phenoxy) is 1. The van der Waals surface area contributed by atoms with Gasteiger partial charge in [0, 0.05) is 36.5 Å². The maximum absolute atomic E-state index is 13.7. The van der Waals surface area contributed by atoms with Crippen LogP contribution in [-0.4, -0.2) is 48.4 Å². The van der Waals surface area contributed by atoms with Gasteiger partial charge >= 0.3 is 0 Å². The molecule has 5 rings (SSSR count). The Bertz CT molecular complexity index is 1340. The molecular formula is C32H37N3O4. The van der Waals surface area contributed by atoms with Crippen LogP contribution in [0.4, 0.5) is 5.69 Å². The van der Waals surface area contributed by atoms with Crippen molar-refractivity contribution >= 4 is 34.2 Å². The van der Waals surface area contributed by atoms with Gasteiger partial charge in [0.1, 0.15) is 11.8 Å². The predicted octanol–water partition coefficient (Wildman–Crippen LogP) is 5.46. The lowest BCUT2D eigenvalue weighted by molar-refractivity contribution is -0.141. The Morgan fingerprint density at radius 1 is 1.05 bits per heavy atom. The molecule has 0 unspecified atom stereocenters. The lowest BCUT2D eigenvalue weighted by Gasteiger charge is -2.32. The highest BCUT2D eigenvalue weighted by Crippen LogP contribution is 2.37. The van der Waals surface area contributed by atoms with Gasteiger partial charge < -0.3 is 19.9 Å². The number of rotatable bonds is 11. The Morgan fingerprint density at radius 2 is 1.77 bits per heavy atom. The Kier molecular flexibility index (Phi) is 8.15. The van der Waals surface area contributed by atoms with E-state index in [-0.39, 0.29) is 30.2 Å². The van der Waals surface area contributed by atoms with E-state index < -0.39 is 6.04 Å². The average molecular weight is 528 g/mol. The Morgan fingerprint density at radius 3 is 2.46 bits per heavy atom. The van der Waals surface area contributed by atoms with Crippen molar-refractivity contribution in [1.29, 1.82) is 0 Å². The van der Waals surface area contributed by atoms with Crippen LogP contribution in [0, 0.1) is 0 Å². The van der Waals surface area contributed by atoms with Crippen LogP contribution >= 0.6 is 0 Å². The van der Waals surface area contributed by atoms with Crippen LogP contribution in [0.25, 0.3) is 10.8 Å². The minimum absolute atomic E-state index is 0.0216. The molecule has 3 aromatic rings. The number of anilines is 1. The highest BCUT2D eigenvalue weighted by molar-refractivity contribution is 6.25. The van der Waals surface area contributed by atoms with Crippen molar-refractivity contribution in [2.45, 2.75) is 70.5 Å². The number of nitrogens with one attached hydrogen (secondary N) is 1. The topological polar surface area (TPSA) is 79.0 Å². The molecule has 2 aliphatic rings. The summed E-state index contributed by atoms with van der Waals surface area (Å²) in [4.78, 5) is 43.7. The molecule has 3 aromatic carbocycles. The van der Waals surface area contributed by atoms with E-state index in [9.17, 15) is 14.4 Å². The number of benzene rings is 3. The molecule has 204 valence electrons. The molecule has 7 nitrogen and oxygen atoms in total. The zero-order valence-corrected chi connectivity index (χ0v) is 22.8. The summed E-state index contributed by atoms with van der Waals surface area (Å²) < 4.78 is 5.28. The normalized spacial score (nSPS) is 15.5. The molecular weight excluding hydrogens is 490 g/mol. The fraction of sp³-hybridized carbons (Fsp3) is 0.406. The van der Waals surface area contributed by atoms with Crippen LogP contribution < -0.4 is 15.0 Å². The van der Waals surface area contributed by atoms with Crippen LogP contribution in [0.1, 0.15) is 67.8 Å². The Labute approximate surface area is 230 Å². The molecule has 3 amide bonds. The zero-order chi connectivity index (χ0) is 27.4. The number of carbonyl (C=O) groups is 3. The molecule has 0 saturated heterocycles. The summed E-state index contributed by atoms with van der Waals surface area (Å²) in [6.45, 7) is 2.74. The molecule has 1 heterocycles. The second-order valence-electron chi connectivity index (χ2n) is 10.5. The quantitative estimate of drug-likeness (QED) is 0.359. The number of amides is 3. The van der Waals surface area contributed by atoms with Crippen molar-refractivity contribution < 1.29 is 19.1 Å². The standard InChI is InChI=1S/C32H37N3O4/c1-3-27(31(37)33-24-11-4-5-12-24)35(21-22-16-18-25(39-2)19-17-22)29(36)15-8-20-34-28-14-7-10-23-9-6-13-26(30(23)28)32(34)38/h6-7,9-10,13-14,16-19,24,27H,3-5,8,11-12,15,20-21H2,1-2H3,(H,33,37)/t27-/m0/s1. The molecule has 0 bridgehead atoms. The van der Waals surface area contributed by atoms with Gasteiger partial charge in [0.05, 0.1) is 12.8 Å². The van der Waals surface area contributed by atoms with Gasteiger partial charge in [-0.25, -0.2) is 0 Å². The lowest BCUT2D eigenvalue weighted by Crippen LogP contribution is -2.51. The SMILES string of the molecule is CC[C@@H](C(=O)NC1CCCC1)N(Cc1ccc(OC)cc1)C(=O)CCCN1C(=O)c2cccc3cccc1c23. The Hall–Kier alpha value is -3.87. The third-order valence-electron chi connectivity index (χ3n) is 8.02. The largest absolute Gasteiger partial charge is 0.497 e. The van der Waals surface area contributed by atoms with E-state index in [2.05, 4.69) is 5.32 Å². The number of nitrogens with zero attached hydrogens (tertiary/aromatic N) is 2. The van der Waals surface area contributed by atoms with Crippen LogP contribution in [0.2, 0.25) is 0 Å². The van der Waals surface area contributed by atoms with E-state index in [1.165, 1.54) is 0 Å². The van der Waals surface area contributed by atoms with Gasteiger partial charge in [-0.15, -0.1) is 0 Å². The first-order valence-corrected chi connectivity index (χ1v) is 14.1. The molecule has 0 spiro atoms. The molecule has 0 radical (unpaired) electrons. The van der Waals surface area contributed by atoms with E-state index in [4.69, 9.17) is 4.74 Å². The summed E-state index contributed by atoms with van der Waals surface area (Å²) in [7, 11) is 1.62. The third kappa shape index (κ3) is 5.63. The second-order valence-corrected chi connectivity index (χ2v) is 10.5. The van der Waals surface area contributed by atoms with Gasteiger partial charge in [0.2, 0.25) is 11.8 Å². The molecule has 1 atom stereocenters. The van der Waals surface area contributed by atoms with E-state index in [1.807, 2.05) is 67.6 Å². The number of hydrogen-bond acceptors (Lipinski definition) is 4. The van der Waals surface area contributed by atoms with Gasteiger partial charge in [-0.2, -0.15) is 0 Å². The third-order valence-corrected chi connectivity index (χ3v) is 8.02. The minimum atomic E-state index is -0.549. The molecule has 1 aliphatic carbocycles. The van der Waals surface area contributed by atoms with Crippen LogP contribution in [0.15, 0.2) is 60.7 Å². The molecule has 1 fully saturated rings. The number of methoxy groups -OCH3 is 1. The highest BCUT2D eigenvalue weighted by Gasteiger charge is 2.32. The predicted molar refractivity (Wildman–Crippen MR) is 153 cm³/mol. The van der Waals surface area contributed by atoms with Crippen molar-refractivity contribution in [2.75, 3.05) is 18.6 Å². The fourth-order valence-corrected chi connectivity index (χ4v) is 5.95. The van der Waals surface area contributed by atoms with E-state index in [0.717, 1.165) is 53.5 Å². The highest BCUT2D eigenvalue weighted by atomic mass is 16.5. The summed E-state index contributed by atoms with van der Waals surface area (Å²) in [5.41, 5.74) is 2.55. The van der Waals surface area contributed by atoms with Crippen molar-refractivity contribution in [1.82, 2.24) is 10.2 Å². The van der Waals surface area contributed by atoms with Gasteiger partial charge in [-0.1, -0.05) is 56.2 Å². The van der Waals surface area contributed by atoms with Gasteiger partial charge in [0.25, 0.3) is 5.91 Å². The van der Waals surface area contributed by atoms with Crippen molar-refractivity contribution in [3.63, 3.8) is 0 Å². The fourth-order valence-electron chi connectivity index (χ4n) is 5.95. The summed E-state index contributed by atoms with van der Waals surface area (Å²) in [5.74, 6) is 0.561.